The highest BCUT2D eigenvalue weighted by atomic mass is 19.3. The van der Waals surface area contributed by atoms with Crippen LogP contribution < -0.4 is 0 Å². The Morgan fingerprint density at radius 1 is 0.778 bits per heavy atom. The van der Waals surface area contributed by atoms with Crippen LogP contribution in [-0.2, 0) is 0 Å². The van der Waals surface area contributed by atoms with E-state index in [0.717, 1.165) is 0 Å². The predicted molar refractivity (Wildman–Crippen MR) is 50.6 cm³/mol. The fraction of sp³-hybridized carbons (Fsp3) is 0.273. The first kappa shape index (κ1) is 14.5. The van der Waals surface area contributed by atoms with Crippen LogP contribution in [0.1, 0.15) is 30.9 Å². The van der Waals surface area contributed by atoms with Crippen LogP contribution in [0, 0.1) is 23.3 Å². The summed E-state index contributed by atoms with van der Waals surface area (Å²) in [6, 6.07) is 0. The van der Waals surface area contributed by atoms with Gasteiger partial charge in [0.05, 0.1) is 5.56 Å². The molecule has 100 valence electrons. The average Bonchev–Trinajstić information content (AvgIpc) is 2.26. The molecule has 0 aliphatic heterocycles. The molecule has 0 fully saturated rings. The molecule has 0 saturated heterocycles. The van der Waals surface area contributed by atoms with Gasteiger partial charge < -0.3 is 0 Å². The average molecular weight is 272 g/mol. The lowest BCUT2D eigenvalue weighted by Gasteiger charge is -2.12. The van der Waals surface area contributed by atoms with E-state index in [1.807, 2.05) is 0 Å². The molecule has 1 aromatic rings. The summed E-state index contributed by atoms with van der Waals surface area (Å²) >= 11 is 0. The molecule has 0 heterocycles. The van der Waals surface area contributed by atoms with E-state index in [-0.39, 0.29) is 0 Å². The molecule has 0 atom stereocenters. The summed E-state index contributed by atoms with van der Waals surface area (Å²) in [5.74, 6) is -11.7. The molecule has 0 N–H and O–H groups in total. The van der Waals surface area contributed by atoms with E-state index < -0.39 is 52.2 Å². The van der Waals surface area contributed by atoms with Crippen LogP contribution in [0.15, 0.2) is 6.08 Å². The second-order valence-corrected chi connectivity index (χ2v) is 3.77. The van der Waals surface area contributed by atoms with Crippen molar-refractivity contribution in [3.63, 3.8) is 0 Å². The van der Waals surface area contributed by atoms with Gasteiger partial charge in [-0.1, -0.05) is 13.8 Å². The van der Waals surface area contributed by atoms with Gasteiger partial charge in [-0.2, -0.15) is 8.78 Å². The number of benzene rings is 1. The van der Waals surface area contributed by atoms with Gasteiger partial charge in [-0.25, -0.2) is 22.0 Å². The summed E-state index contributed by atoms with van der Waals surface area (Å²) in [7, 11) is 0. The van der Waals surface area contributed by atoms with Crippen LogP contribution in [0.2, 0.25) is 0 Å². The Labute approximate surface area is 97.7 Å². The minimum atomic E-state index is -3.07. The van der Waals surface area contributed by atoms with Crippen molar-refractivity contribution < 1.29 is 30.7 Å². The Bertz CT molecular complexity index is 484. The summed E-state index contributed by atoms with van der Waals surface area (Å²) in [5, 5.41) is 0. The largest absolute Gasteiger partial charge is 0.306 e. The SMILES string of the molecule is CC(C)c1c(F)c(F)c(C(F)=C(F)F)c(F)c1F. The molecule has 0 unspecified atom stereocenters. The van der Waals surface area contributed by atoms with Gasteiger partial charge in [0.1, 0.15) is 0 Å². The molecule has 18 heavy (non-hydrogen) atoms. The Kier molecular flexibility index (Phi) is 4.03. The van der Waals surface area contributed by atoms with Gasteiger partial charge in [0.2, 0.25) is 5.83 Å². The first-order chi connectivity index (χ1) is 8.20. The number of rotatable bonds is 2. The maximum atomic E-state index is 13.4. The normalized spacial score (nSPS) is 11.0. The standard InChI is InChI=1S/C11H7F7/c1-3(2)4-6(12)8(14)5(9(15)7(4)13)10(16)11(17)18/h3H,1-2H3. The molecule has 0 saturated carbocycles. The minimum Gasteiger partial charge on any atom is -0.203 e. The van der Waals surface area contributed by atoms with Crippen molar-refractivity contribution in [1.82, 2.24) is 0 Å². The Morgan fingerprint density at radius 2 is 1.17 bits per heavy atom. The monoisotopic (exact) mass is 272 g/mol. The fourth-order valence-corrected chi connectivity index (χ4v) is 1.44. The van der Waals surface area contributed by atoms with Gasteiger partial charge >= 0.3 is 6.08 Å². The van der Waals surface area contributed by atoms with Gasteiger partial charge in [0, 0.05) is 5.56 Å². The molecule has 0 nitrogen and oxygen atoms in total. The van der Waals surface area contributed by atoms with Crippen LogP contribution in [0.4, 0.5) is 30.7 Å². The number of hydrogen-bond acceptors (Lipinski definition) is 0. The second kappa shape index (κ2) is 4.99. The highest BCUT2D eigenvalue weighted by Gasteiger charge is 2.30. The van der Waals surface area contributed by atoms with Crippen molar-refractivity contribution in [2.24, 2.45) is 0 Å². The van der Waals surface area contributed by atoms with E-state index in [2.05, 4.69) is 0 Å². The number of hydrogen-bond donors (Lipinski definition) is 0. The maximum Gasteiger partial charge on any atom is 0.306 e. The van der Waals surface area contributed by atoms with Crippen molar-refractivity contribution in [2.75, 3.05) is 0 Å². The maximum absolute atomic E-state index is 13.4. The lowest BCUT2D eigenvalue weighted by molar-refractivity contribution is 0.398. The van der Waals surface area contributed by atoms with Crippen molar-refractivity contribution in [3.8, 4) is 0 Å². The third-order valence-electron chi connectivity index (χ3n) is 2.26. The van der Waals surface area contributed by atoms with E-state index in [1.54, 1.807) is 0 Å². The zero-order valence-electron chi connectivity index (χ0n) is 9.22. The molecule has 0 aliphatic rings. The summed E-state index contributed by atoms with van der Waals surface area (Å²) < 4.78 is 89.9. The quantitative estimate of drug-likeness (QED) is 0.530. The van der Waals surface area contributed by atoms with E-state index in [0.29, 0.717) is 0 Å². The third kappa shape index (κ3) is 2.21. The molecule has 0 spiro atoms. The molecule has 0 amide bonds. The second-order valence-electron chi connectivity index (χ2n) is 3.77. The summed E-state index contributed by atoms with van der Waals surface area (Å²) in [4.78, 5) is 0. The Morgan fingerprint density at radius 3 is 1.44 bits per heavy atom. The molecule has 0 radical (unpaired) electrons. The summed E-state index contributed by atoms with van der Waals surface area (Å²) in [6.45, 7) is 2.48. The molecular formula is C11H7F7. The van der Waals surface area contributed by atoms with Crippen LogP contribution in [0.5, 0.6) is 0 Å². The highest BCUT2D eigenvalue weighted by Crippen LogP contribution is 2.34. The first-order valence-corrected chi connectivity index (χ1v) is 4.77. The zero-order chi connectivity index (χ0) is 14.2. The van der Waals surface area contributed by atoms with Gasteiger partial charge in [0.15, 0.2) is 23.3 Å². The van der Waals surface area contributed by atoms with Gasteiger partial charge in [0.25, 0.3) is 0 Å². The van der Waals surface area contributed by atoms with Crippen LogP contribution in [0.3, 0.4) is 0 Å². The van der Waals surface area contributed by atoms with E-state index >= 15 is 0 Å². The van der Waals surface area contributed by atoms with Crippen molar-refractivity contribution in [1.29, 1.82) is 0 Å². The van der Waals surface area contributed by atoms with Gasteiger partial charge in [-0.3, -0.25) is 0 Å². The molecular weight excluding hydrogens is 265 g/mol. The van der Waals surface area contributed by atoms with Crippen molar-refractivity contribution in [2.45, 2.75) is 19.8 Å². The predicted octanol–water partition coefficient (Wildman–Crippen LogP) is 4.90. The molecule has 0 bridgehead atoms. The smallest absolute Gasteiger partial charge is 0.203 e. The lowest BCUT2D eigenvalue weighted by Crippen LogP contribution is -2.09. The Hall–Kier alpha value is -1.53. The lowest BCUT2D eigenvalue weighted by atomic mass is 9.98. The van der Waals surface area contributed by atoms with E-state index in [9.17, 15) is 30.7 Å². The molecule has 0 aromatic heterocycles. The molecule has 1 rings (SSSR count). The van der Waals surface area contributed by atoms with Crippen LogP contribution >= 0.6 is 0 Å². The summed E-state index contributed by atoms with van der Waals surface area (Å²) in [5.41, 5.74) is -2.99. The van der Waals surface area contributed by atoms with Crippen LogP contribution in [-0.4, -0.2) is 0 Å². The molecule has 7 heteroatoms. The summed E-state index contributed by atoms with van der Waals surface area (Å²) in [6.07, 6.45) is -3.07. The molecule has 0 aliphatic carbocycles. The van der Waals surface area contributed by atoms with Gasteiger partial charge in [-0.05, 0) is 5.92 Å². The minimum absolute atomic E-state index is 0.940. The fourth-order valence-electron chi connectivity index (χ4n) is 1.44. The van der Waals surface area contributed by atoms with Crippen molar-refractivity contribution in [3.05, 3.63) is 40.5 Å². The third-order valence-corrected chi connectivity index (χ3v) is 2.26. The zero-order valence-corrected chi connectivity index (χ0v) is 9.22. The highest BCUT2D eigenvalue weighted by molar-refractivity contribution is 5.61. The Balaban J connectivity index is 3.75. The van der Waals surface area contributed by atoms with Gasteiger partial charge in [-0.15, -0.1) is 0 Å². The number of halogens is 7. The first-order valence-electron chi connectivity index (χ1n) is 4.77. The van der Waals surface area contributed by atoms with Crippen molar-refractivity contribution >= 4 is 5.83 Å². The topological polar surface area (TPSA) is 0 Å². The van der Waals surface area contributed by atoms with E-state index in [4.69, 9.17) is 0 Å². The molecule has 1 aromatic carbocycles. The van der Waals surface area contributed by atoms with E-state index in [1.165, 1.54) is 13.8 Å². The van der Waals surface area contributed by atoms with Crippen LogP contribution in [0.25, 0.3) is 5.83 Å².